The highest BCUT2D eigenvalue weighted by atomic mass is 32.2. The van der Waals surface area contributed by atoms with Gasteiger partial charge in [-0.2, -0.15) is 0 Å². The number of benzene rings is 1. The van der Waals surface area contributed by atoms with Crippen LogP contribution >= 0.6 is 0 Å². The van der Waals surface area contributed by atoms with Crippen molar-refractivity contribution in [1.29, 1.82) is 0 Å². The Morgan fingerprint density at radius 1 is 1.33 bits per heavy atom. The maximum atomic E-state index is 11.3. The van der Waals surface area contributed by atoms with Crippen molar-refractivity contribution in [3.8, 4) is 0 Å². The number of sulfone groups is 1. The number of nitrogens with two attached hydrogens (primary N) is 1. The van der Waals surface area contributed by atoms with Crippen LogP contribution in [0.3, 0.4) is 0 Å². The number of hydrogen-bond acceptors (Lipinski definition) is 5. The van der Waals surface area contributed by atoms with Crippen LogP contribution in [-0.2, 0) is 20.2 Å². The monoisotopic (exact) mass is 273 g/mol. The highest BCUT2D eigenvalue weighted by molar-refractivity contribution is 7.90. The molecule has 0 aliphatic heterocycles. The largest absolute Gasteiger partial charge is 0.480 e. The zero-order valence-electron chi connectivity index (χ0n) is 9.99. The zero-order chi connectivity index (χ0) is 14.1. The molecule has 0 radical (unpaired) electrons. The van der Waals surface area contributed by atoms with E-state index in [9.17, 15) is 18.3 Å². The third-order valence-corrected chi connectivity index (χ3v) is 3.87. The zero-order valence-corrected chi connectivity index (χ0v) is 10.8. The number of aliphatic hydroxyl groups is 1. The predicted octanol–water partition coefficient (Wildman–Crippen LogP) is -0.290. The Morgan fingerprint density at radius 2 is 1.78 bits per heavy atom. The minimum Gasteiger partial charge on any atom is -0.480 e. The summed E-state index contributed by atoms with van der Waals surface area (Å²) in [6.45, 7) is 1.27. The van der Waals surface area contributed by atoms with E-state index in [1.807, 2.05) is 0 Å². The Bertz CT molecular complexity index is 547. The standard InChI is InChI=1S/C11H15NO5S/c1-11(15,9(12)10(13)14)7-3-5-8(6-4-7)18(2,16)17/h3-6,9,15H,12H2,1-2H3,(H,13,14)/t9-,11-/m1/s1. The highest BCUT2D eigenvalue weighted by Crippen LogP contribution is 2.25. The molecule has 1 rings (SSSR count). The molecule has 1 aromatic rings. The van der Waals surface area contributed by atoms with E-state index in [1.54, 1.807) is 0 Å². The molecule has 0 saturated heterocycles. The molecule has 0 heterocycles. The van der Waals surface area contributed by atoms with E-state index in [0.29, 0.717) is 0 Å². The Hall–Kier alpha value is -1.44. The lowest BCUT2D eigenvalue weighted by Crippen LogP contribution is -2.48. The SMILES string of the molecule is C[C@@](O)(c1ccc(S(C)(=O)=O)cc1)[C@H](N)C(=O)O. The second-order valence-electron chi connectivity index (χ2n) is 4.26. The molecule has 0 amide bonds. The summed E-state index contributed by atoms with van der Waals surface area (Å²) in [4.78, 5) is 10.9. The van der Waals surface area contributed by atoms with Crippen LogP contribution in [-0.4, -0.2) is 36.9 Å². The van der Waals surface area contributed by atoms with Gasteiger partial charge in [-0.3, -0.25) is 4.79 Å². The molecule has 0 spiro atoms. The molecule has 0 aliphatic carbocycles. The lowest BCUT2D eigenvalue weighted by molar-refractivity contribution is -0.145. The van der Waals surface area contributed by atoms with Crippen molar-refractivity contribution in [1.82, 2.24) is 0 Å². The maximum absolute atomic E-state index is 11.3. The second kappa shape index (κ2) is 4.68. The average molecular weight is 273 g/mol. The lowest BCUT2D eigenvalue weighted by Gasteiger charge is -2.27. The van der Waals surface area contributed by atoms with Crippen molar-refractivity contribution in [2.75, 3.05) is 6.26 Å². The van der Waals surface area contributed by atoms with E-state index in [4.69, 9.17) is 10.8 Å². The van der Waals surface area contributed by atoms with Gasteiger partial charge in [0.1, 0.15) is 11.6 Å². The molecule has 0 unspecified atom stereocenters. The molecule has 0 saturated carbocycles. The molecule has 0 aromatic heterocycles. The molecule has 4 N–H and O–H groups in total. The molecule has 1 aromatic carbocycles. The van der Waals surface area contributed by atoms with Crippen molar-refractivity contribution < 1.29 is 23.4 Å². The van der Waals surface area contributed by atoms with Crippen LogP contribution in [0.25, 0.3) is 0 Å². The summed E-state index contributed by atoms with van der Waals surface area (Å²) in [7, 11) is -3.33. The minimum atomic E-state index is -3.33. The van der Waals surface area contributed by atoms with Gasteiger partial charge in [-0.05, 0) is 24.6 Å². The van der Waals surface area contributed by atoms with Crippen LogP contribution < -0.4 is 5.73 Å². The number of carbonyl (C=O) groups is 1. The molecule has 2 atom stereocenters. The van der Waals surface area contributed by atoms with Crippen LogP contribution in [0.5, 0.6) is 0 Å². The average Bonchev–Trinajstić information content (AvgIpc) is 2.26. The first-order valence-corrected chi connectivity index (χ1v) is 6.97. The van der Waals surface area contributed by atoms with Crippen molar-refractivity contribution in [2.24, 2.45) is 5.73 Å². The van der Waals surface area contributed by atoms with Gasteiger partial charge in [0.15, 0.2) is 9.84 Å². The summed E-state index contributed by atoms with van der Waals surface area (Å²) < 4.78 is 22.5. The van der Waals surface area contributed by atoms with Crippen LogP contribution in [0.4, 0.5) is 0 Å². The van der Waals surface area contributed by atoms with E-state index in [0.717, 1.165) is 6.26 Å². The first-order chi connectivity index (χ1) is 8.06. The van der Waals surface area contributed by atoms with Crippen molar-refractivity contribution in [2.45, 2.75) is 23.5 Å². The number of hydrogen-bond donors (Lipinski definition) is 3. The van der Waals surface area contributed by atoms with Gasteiger partial charge < -0.3 is 15.9 Å². The fraction of sp³-hybridized carbons (Fsp3) is 0.364. The van der Waals surface area contributed by atoms with Gasteiger partial charge >= 0.3 is 5.97 Å². The van der Waals surface area contributed by atoms with Crippen LogP contribution in [0.15, 0.2) is 29.2 Å². The summed E-state index contributed by atoms with van der Waals surface area (Å²) in [5.74, 6) is -1.34. The second-order valence-corrected chi connectivity index (χ2v) is 6.28. The fourth-order valence-corrected chi connectivity index (χ4v) is 2.09. The van der Waals surface area contributed by atoms with E-state index in [1.165, 1.54) is 31.2 Å². The van der Waals surface area contributed by atoms with Gasteiger partial charge in [0.2, 0.25) is 0 Å². The predicted molar refractivity (Wildman–Crippen MR) is 64.7 cm³/mol. The molecular weight excluding hydrogens is 258 g/mol. The Morgan fingerprint density at radius 3 is 2.11 bits per heavy atom. The van der Waals surface area contributed by atoms with Gasteiger partial charge in [-0.15, -0.1) is 0 Å². The fourth-order valence-electron chi connectivity index (χ4n) is 1.46. The Labute approximate surface area is 105 Å². The van der Waals surface area contributed by atoms with Gasteiger partial charge in [0.25, 0.3) is 0 Å². The molecule has 0 fully saturated rings. The number of rotatable bonds is 4. The summed E-state index contributed by atoms with van der Waals surface area (Å²) in [5, 5.41) is 18.8. The van der Waals surface area contributed by atoms with E-state index >= 15 is 0 Å². The molecular formula is C11H15NO5S. The third kappa shape index (κ3) is 2.87. The van der Waals surface area contributed by atoms with Crippen molar-refractivity contribution >= 4 is 15.8 Å². The van der Waals surface area contributed by atoms with E-state index in [2.05, 4.69) is 0 Å². The maximum Gasteiger partial charge on any atom is 0.323 e. The topological polar surface area (TPSA) is 118 Å². The third-order valence-electron chi connectivity index (χ3n) is 2.74. The van der Waals surface area contributed by atoms with E-state index < -0.39 is 27.4 Å². The van der Waals surface area contributed by atoms with Crippen LogP contribution in [0.1, 0.15) is 12.5 Å². The number of carboxylic acid groups (broad SMARTS) is 1. The van der Waals surface area contributed by atoms with Gasteiger partial charge in [-0.25, -0.2) is 8.42 Å². The summed E-state index contributed by atoms with van der Waals surface area (Å²) in [5.41, 5.74) is 3.85. The van der Waals surface area contributed by atoms with Crippen LogP contribution in [0, 0.1) is 0 Å². The van der Waals surface area contributed by atoms with Gasteiger partial charge in [-0.1, -0.05) is 12.1 Å². The molecule has 7 heteroatoms. The first-order valence-electron chi connectivity index (χ1n) is 5.08. The van der Waals surface area contributed by atoms with Crippen LogP contribution in [0.2, 0.25) is 0 Å². The minimum absolute atomic E-state index is 0.0888. The smallest absolute Gasteiger partial charge is 0.323 e. The summed E-state index contributed by atoms with van der Waals surface area (Å²) >= 11 is 0. The lowest BCUT2D eigenvalue weighted by atomic mass is 9.89. The van der Waals surface area contributed by atoms with Crippen molar-refractivity contribution in [3.05, 3.63) is 29.8 Å². The van der Waals surface area contributed by atoms with Gasteiger partial charge in [0.05, 0.1) is 4.90 Å². The molecule has 0 bridgehead atoms. The number of aliphatic carboxylic acids is 1. The summed E-state index contributed by atoms with van der Waals surface area (Å²) in [6.07, 6.45) is 1.06. The Kier molecular flexibility index (Phi) is 3.80. The molecule has 100 valence electrons. The quantitative estimate of drug-likeness (QED) is 0.693. The Balaban J connectivity index is 3.16. The first kappa shape index (κ1) is 14.6. The van der Waals surface area contributed by atoms with Gasteiger partial charge in [0, 0.05) is 6.26 Å². The van der Waals surface area contributed by atoms with Crippen molar-refractivity contribution in [3.63, 3.8) is 0 Å². The normalized spacial score (nSPS) is 16.9. The molecule has 18 heavy (non-hydrogen) atoms. The highest BCUT2D eigenvalue weighted by Gasteiger charge is 2.36. The number of carboxylic acids is 1. The van der Waals surface area contributed by atoms with E-state index in [-0.39, 0.29) is 10.5 Å². The molecule has 0 aliphatic rings. The molecule has 6 nitrogen and oxygen atoms in total. The summed E-state index contributed by atoms with van der Waals surface area (Å²) in [6, 6.07) is 3.79.